The zero-order chi connectivity index (χ0) is 10.3. The summed E-state index contributed by atoms with van der Waals surface area (Å²) in [5, 5.41) is 0.363. The quantitative estimate of drug-likeness (QED) is 0.720. The number of hydrogen-bond acceptors (Lipinski definition) is 2. The number of nitrogens with two attached hydrogens (primary N) is 1. The van der Waals surface area contributed by atoms with Gasteiger partial charge in [0.25, 0.3) is 0 Å². The molecule has 0 aliphatic carbocycles. The molecule has 2 N–H and O–H groups in total. The Bertz CT molecular complexity index is 367. The Kier molecular flexibility index (Phi) is 2.49. The van der Waals surface area contributed by atoms with E-state index in [2.05, 4.69) is 0 Å². The topological polar surface area (TPSA) is 26.0 Å². The minimum atomic E-state index is -0.811. The molecule has 0 saturated heterocycles. The molecule has 0 fully saturated rings. The van der Waals surface area contributed by atoms with Crippen molar-refractivity contribution in [1.29, 1.82) is 0 Å². The lowest BCUT2D eigenvalue weighted by atomic mass is 10.0. The van der Waals surface area contributed by atoms with Gasteiger partial charge in [-0.1, -0.05) is 6.92 Å². The minimum absolute atomic E-state index is 0.170. The van der Waals surface area contributed by atoms with Gasteiger partial charge in [-0.3, -0.25) is 0 Å². The number of fused-ring (bicyclic) bond motifs is 1. The zero-order valence-electron chi connectivity index (χ0n) is 7.76. The van der Waals surface area contributed by atoms with E-state index in [9.17, 15) is 8.78 Å². The first-order valence-electron chi connectivity index (χ1n) is 4.49. The normalized spacial score (nSPS) is 26.0. The van der Waals surface area contributed by atoms with Crippen LogP contribution in [0.1, 0.15) is 24.9 Å². The molecule has 0 bridgehead atoms. The highest BCUT2D eigenvalue weighted by Gasteiger charge is 2.24. The van der Waals surface area contributed by atoms with Gasteiger partial charge in [-0.15, -0.1) is 11.8 Å². The maximum Gasteiger partial charge on any atom is 0.159 e. The first kappa shape index (κ1) is 9.93. The van der Waals surface area contributed by atoms with Gasteiger partial charge >= 0.3 is 0 Å². The maximum absolute atomic E-state index is 12.9. The van der Waals surface area contributed by atoms with Gasteiger partial charge in [0.2, 0.25) is 0 Å². The zero-order valence-corrected chi connectivity index (χ0v) is 8.57. The van der Waals surface area contributed by atoms with E-state index >= 15 is 0 Å². The lowest BCUT2D eigenvalue weighted by Crippen LogP contribution is -2.20. The smallest absolute Gasteiger partial charge is 0.159 e. The van der Waals surface area contributed by atoms with Gasteiger partial charge < -0.3 is 5.73 Å². The Morgan fingerprint density at radius 3 is 2.71 bits per heavy atom. The van der Waals surface area contributed by atoms with Gasteiger partial charge in [0.05, 0.1) is 0 Å². The first-order chi connectivity index (χ1) is 6.58. The average Bonchev–Trinajstić information content (AvgIpc) is 2.08. The molecule has 1 aliphatic rings. The number of thioether (sulfide) groups is 1. The molecule has 0 saturated carbocycles. The highest BCUT2D eigenvalue weighted by molar-refractivity contribution is 8.00. The summed E-state index contributed by atoms with van der Waals surface area (Å²) in [6, 6.07) is 2.29. The standard InChI is InChI=1S/C10H11F2NS/c1-5-2-9(13)6-3-7(11)8(12)4-10(6)14-5/h3-5,9H,2,13H2,1H3. The lowest BCUT2D eigenvalue weighted by Gasteiger charge is -2.26. The summed E-state index contributed by atoms with van der Waals surface area (Å²) in [6.07, 6.45) is 0.808. The summed E-state index contributed by atoms with van der Waals surface area (Å²) < 4.78 is 25.9. The number of benzene rings is 1. The lowest BCUT2D eigenvalue weighted by molar-refractivity contribution is 0.497. The highest BCUT2D eigenvalue weighted by Crippen LogP contribution is 2.40. The molecule has 0 spiro atoms. The van der Waals surface area contributed by atoms with Crippen LogP contribution in [0.25, 0.3) is 0 Å². The highest BCUT2D eigenvalue weighted by atomic mass is 32.2. The van der Waals surface area contributed by atoms with Crippen LogP contribution >= 0.6 is 11.8 Å². The predicted octanol–water partition coefficient (Wildman–Crippen LogP) is 2.85. The summed E-state index contributed by atoms with van der Waals surface area (Å²) in [6.45, 7) is 2.04. The largest absolute Gasteiger partial charge is 0.324 e. The molecular formula is C10H11F2NS. The Labute approximate surface area is 85.7 Å². The predicted molar refractivity (Wildman–Crippen MR) is 53.2 cm³/mol. The van der Waals surface area contributed by atoms with Crippen LogP contribution in [-0.2, 0) is 0 Å². The van der Waals surface area contributed by atoms with Crippen molar-refractivity contribution in [2.45, 2.75) is 29.5 Å². The van der Waals surface area contributed by atoms with Gasteiger partial charge in [0.15, 0.2) is 11.6 Å². The summed E-state index contributed by atoms with van der Waals surface area (Å²) in [4.78, 5) is 0.773. The van der Waals surface area contributed by atoms with E-state index in [4.69, 9.17) is 5.73 Å². The van der Waals surface area contributed by atoms with Crippen molar-refractivity contribution in [1.82, 2.24) is 0 Å². The Morgan fingerprint density at radius 2 is 2.00 bits per heavy atom. The van der Waals surface area contributed by atoms with Crippen LogP contribution in [0.5, 0.6) is 0 Å². The second-order valence-electron chi connectivity index (χ2n) is 3.57. The minimum Gasteiger partial charge on any atom is -0.324 e. The van der Waals surface area contributed by atoms with Crippen LogP contribution < -0.4 is 5.73 Å². The summed E-state index contributed by atoms with van der Waals surface area (Å²) in [5.74, 6) is -1.60. The molecule has 76 valence electrons. The molecule has 0 radical (unpaired) electrons. The fourth-order valence-corrected chi connectivity index (χ4v) is 2.94. The van der Waals surface area contributed by atoms with E-state index in [0.717, 1.165) is 16.9 Å². The van der Waals surface area contributed by atoms with Crippen molar-refractivity contribution in [3.63, 3.8) is 0 Å². The Hall–Kier alpha value is -0.610. The third kappa shape index (κ3) is 1.64. The van der Waals surface area contributed by atoms with E-state index in [-0.39, 0.29) is 6.04 Å². The van der Waals surface area contributed by atoms with Crippen LogP contribution in [0, 0.1) is 11.6 Å². The fraction of sp³-hybridized carbons (Fsp3) is 0.400. The molecule has 0 amide bonds. The molecule has 1 aliphatic heterocycles. The van der Waals surface area contributed by atoms with E-state index in [1.54, 1.807) is 11.8 Å². The molecule has 4 heteroatoms. The van der Waals surface area contributed by atoms with Gasteiger partial charge in [0.1, 0.15) is 0 Å². The van der Waals surface area contributed by atoms with Crippen molar-refractivity contribution < 1.29 is 8.78 Å². The molecule has 1 aromatic rings. The van der Waals surface area contributed by atoms with Crippen molar-refractivity contribution in [3.05, 3.63) is 29.3 Å². The van der Waals surface area contributed by atoms with Crippen molar-refractivity contribution in [2.24, 2.45) is 5.73 Å². The van der Waals surface area contributed by atoms with Gasteiger partial charge in [-0.25, -0.2) is 8.78 Å². The summed E-state index contributed by atoms with van der Waals surface area (Å²) >= 11 is 1.55. The van der Waals surface area contributed by atoms with Crippen molar-refractivity contribution >= 4 is 11.8 Å². The molecule has 2 rings (SSSR count). The van der Waals surface area contributed by atoms with Crippen molar-refractivity contribution in [3.8, 4) is 0 Å². The van der Waals surface area contributed by atoms with E-state index in [1.165, 1.54) is 12.1 Å². The second-order valence-corrected chi connectivity index (χ2v) is 5.06. The first-order valence-corrected chi connectivity index (χ1v) is 5.37. The monoisotopic (exact) mass is 215 g/mol. The molecule has 14 heavy (non-hydrogen) atoms. The number of rotatable bonds is 0. The van der Waals surface area contributed by atoms with Crippen LogP contribution in [-0.4, -0.2) is 5.25 Å². The summed E-state index contributed by atoms with van der Waals surface area (Å²) in [5.41, 5.74) is 6.58. The average molecular weight is 215 g/mol. The van der Waals surface area contributed by atoms with Gasteiger partial charge in [-0.2, -0.15) is 0 Å². The summed E-state index contributed by atoms with van der Waals surface area (Å²) in [7, 11) is 0. The van der Waals surface area contributed by atoms with Crippen LogP contribution in [0.2, 0.25) is 0 Å². The Morgan fingerprint density at radius 1 is 1.36 bits per heavy atom. The SMILES string of the molecule is CC1CC(N)c2cc(F)c(F)cc2S1. The van der Waals surface area contributed by atoms with E-state index in [0.29, 0.717) is 5.25 Å². The van der Waals surface area contributed by atoms with Crippen LogP contribution in [0.15, 0.2) is 17.0 Å². The molecule has 1 nitrogen and oxygen atoms in total. The van der Waals surface area contributed by atoms with Gasteiger partial charge in [-0.05, 0) is 24.1 Å². The molecule has 1 aromatic carbocycles. The molecular weight excluding hydrogens is 204 g/mol. The third-order valence-corrected chi connectivity index (χ3v) is 3.57. The maximum atomic E-state index is 12.9. The van der Waals surface area contributed by atoms with E-state index in [1.807, 2.05) is 6.92 Å². The van der Waals surface area contributed by atoms with Crippen molar-refractivity contribution in [2.75, 3.05) is 0 Å². The van der Waals surface area contributed by atoms with Gasteiger partial charge in [0, 0.05) is 16.2 Å². The second kappa shape index (κ2) is 3.51. The number of hydrogen-bond donors (Lipinski definition) is 1. The van der Waals surface area contributed by atoms with E-state index < -0.39 is 11.6 Å². The Balaban J connectivity index is 2.49. The molecule has 0 aromatic heterocycles. The van der Waals surface area contributed by atoms with Crippen LogP contribution in [0.4, 0.5) is 8.78 Å². The molecule has 1 heterocycles. The third-order valence-electron chi connectivity index (χ3n) is 2.37. The number of halogens is 2. The molecule has 2 atom stereocenters. The fourth-order valence-electron chi connectivity index (χ4n) is 1.69. The molecule has 2 unspecified atom stereocenters. The van der Waals surface area contributed by atoms with Crippen LogP contribution in [0.3, 0.4) is 0 Å².